The van der Waals surface area contributed by atoms with Gasteiger partial charge < -0.3 is 15.2 Å². The van der Waals surface area contributed by atoms with E-state index >= 15 is 0 Å². The van der Waals surface area contributed by atoms with Crippen molar-refractivity contribution < 1.29 is 4.79 Å². The molecule has 2 aromatic carbocycles. The summed E-state index contributed by atoms with van der Waals surface area (Å²) in [5.41, 5.74) is 4.08. The van der Waals surface area contributed by atoms with E-state index in [9.17, 15) is 4.79 Å². The van der Waals surface area contributed by atoms with Crippen LogP contribution in [0.3, 0.4) is 0 Å². The van der Waals surface area contributed by atoms with E-state index in [1.807, 2.05) is 43.3 Å². The van der Waals surface area contributed by atoms with Gasteiger partial charge in [-0.3, -0.25) is 4.79 Å². The second kappa shape index (κ2) is 6.74. The average molecular weight is 322 g/mol. The Morgan fingerprint density at radius 1 is 1.12 bits per heavy atom. The molecule has 0 atom stereocenters. The molecule has 3 rings (SSSR count). The molecule has 3 aromatic rings. The van der Waals surface area contributed by atoms with E-state index < -0.39 is 0 Å². The van der Waals surface area contributed by atoms with Gasteiger partial charge in [-0.05, 0) is 57.2 Å². The SMILES string of the molecule is CCN(CC)c1ccc(NC(=O)c2cccc3[nH]c(C)nc23)cc1. The van der Waals surface area contributed by atoms with Crippen LogP contribution in [0.1, 0.15) is 30.0 Å². The van der Waals surface area contributed by atoms with Crippen molar-refractivity contribution in [3.05, 3.63) is 53.9 Å². The van der Waals surface area contributed by atoms with Gasteiger partial charge in [0.05, 0.1) is 11.1 Å². The van der Waals surface area contributed by atoms with Crippen LogP contribution in [0.15, 0.2) is 42.5 Å². The first kappa shape index (κ1) is 16.1. The fourth-order valence-corrected chi connectivity index (χ4v) is 2.88. The number of nitrogens with zero attached hydrogens (tertiary/aromatic N) is 2. The average Bonchev–Trinajstić information content (AvgIpc) is 2.97. The Balaban J connectivity index is 1.81. The quantitative estimate of drug-likeness (QED) is 0.747. The van der Waals surface area contributed by atoms with Crippen LogP contribution >= 0.6 is 0 Å². The summed E-state index contributed by atoms with van der Waals surface area (Å²) in [6.45, 7) is 8.07. The molecule has 2 N–H and O–H groups in total. The highest BCUT2D eigenvalue weighted by atomic mass is 16.1. The van der Waals surface area contributed by atoms with Gasteiger partial charge in [-0.15, -0.1) is 0 Å². The summed E-state index contributed by atoms with van der Waals surface area (Å²) in [5.74, 6) is 0.650. The van der Waals surface area contributed by atoms with Crippen molar-refractivity contribution in [1.29, 1.82) is 0 Å². The summed E-state index contributed by atoms with van der Waals surface area (Å²) in [5, 5.41) is 2.95. The highest BCUT2D eigenvalue weighted by Crippen LogP contribution is 2.20. The van der Waals surface area contributed by atoms with Crippen molar-refractivity contribution in [3.8, 4) is 0 Å². The van der Waals surface area contributed by atoms with Gasteiger partial charge in [0.15, 0.2) is 0 Å². The Kier molecular flexibility index (Phi) is 4.51. The minimum absolute atomic E-state index is 0.150. The van der Waals surface area contributed by atoms with Crippen molar-refractivity contribution in [3.63, 3.8) is 0 Å². The summed E-state index contributed by atoms with van der Waals surface area (Å²) >= 11 is 0. The molecule has 0 bridgehead atoms. The molecule has 24 heavy (non-hydrogen) atoms. The summed E-state index contributed by atoms with van der Waals surface area (Å²) in [6, 6.07) is 13.5. The molecule has 0 saturated carbocycles. The number of imidazole rings is 1. The zero-order valence-electron chi connectivity index (χ0n) is 14.3. The van der Waals surface area contributed by atoms with E-state index in [0.29, 0.717) is 11.1 Å². The zero-order valence-corrected chi connectivity index (χ0v) is 14.3. The lowest BCUT2D eigenvalue weighted by Crippen LogP contribution is -2.21. The molecule has 0 aliphatic carbocycles. The second-order valence-corrected chi connectivity index (χ2v) is 5.70. The lowest BCUT2D eigenvalue weighted by molar-refractivity contribution is 0.102. The topological polar surface area (TPSA) is 61.0 Å². The number of rotatable bonds is 5. The predicted octanol–water partition coefficient (Wildman–Crippen LogP) is 3.97. The molecule has 0 spiro atoms. The lowest BCUT2D eigenvalue weighted by atomic mass is 10.1. The second-order valence-electron chi connectivity index (χ2n) is 5.70. The third kappa shape index (κ3) is 3.11. The van der Waals surface area contributed by atoms with Crippen molar-refractivity contribution in [2.45, 2.75) is 20.8 Å². The van der Waals surface area contributed by atoms with Crippen LogP contribution in [-0.2, 0) is 0 Å². The first-order valence-electron chi connectivity index (χ1n) is 8.24. The number of H-pyrrole nitrogens is 1. The molecular weight excluding hydrogens is 300 g/mol. The third-order valence-electron chi connectivity index (χ3n) is 4.13. The maximum absolute atomic E-state index is 12.6. The van der Waals surface area contributed by atoms with Crippen molar-refractivity contribution >= 4 is 28.3 Å². The molecule has 0 unspecified atom stereocenters. The number of aryl methyl sites for hydroxylation is 1. The molecule has 1 heterocycles. The third-order valence-corrected chi connectivity index (χ3v) is 4.13. The number of anilines is 2. The molecule has 0 aliphatic heterocycles. The summed E-state index contributed by atoms with van der Waals surface area (Å²) in [4.78, 5) is 22.4. The summed E-state index contributed by atoms with van der Waals surface area (Å²) in [6.07, 6.45) is 0. The molecule has 0 radical (unpaired) electrons. The van der Waals surface area contributed by atoms with E-state index in [-0.39, 0.29) is 5.91 Å². The Morgan fingerprint density at radius 3 is 2.50 bits per heavy atom. The molecular formula is C19H22N4O. The van der Waals surface area contributed by atoms with E-state index in [4.69, 9.17) is 0 Å². The highest BCUT2D eigenvalue weighted by molar-refractivity contribution is 6.11. The van der Waals surface area contributed by atoms with Crippen LogP contribution in [-0.4, -0.2) is 29.0 Å². The molecule has 124 valence electrons. The highest BCUT2D eigenvalue weighted by Gasteiger charge is 2.13. The van der Waals surface area contributed by atoms with Gasteiger partial charge in [-0.1, -0.05) is 6.07 Å². The maximum Gasteiger partial charge on any atom is 0.257 e. The maximum atomic E-state index is 12.6. The van der Waals surface area contributed by atoms with Crippen molar-refractivity contribution in [2.24, 2.45) is 0 Å². The minimum atomic E-state index is -0.150. The smallest absolute Gasteiger partial charge is 0.257 e. The fraction of sp³-hybridized carbons (Fsp3) is 0.263. The van der Waals surface area contributed by atoms with Crippen LogP contribution in [0.5, 0.6) is 0 Å². The van der Waals surface area contributed by atoms with E-state index in [1.165, 1.54) is 0 Å². The number of hydrogen-bond donors (Lipinski definition) is 2. The largest absolute Gasteiger partial charge is 0.372 e. The lowest BCUT2D eigenvalue weighted by Gasteiger charge is -2.21. The Morgan fingerprint density at radius 2 is 1.83 bits per heavy atom. The molecule has 1 aromatic heterocycles. The molecule has 1 amide bonds. The number of carbonyl (C=O) groups is 1. The number of para-hydroxylation sites is 1. The van der Waals surface area contributed by atoms with Crippen molar-refractivity contribution in [2.75, 3.05) is 23.3 Å². The minimum Gasteiger partial charge on any atom is -0.372 e. The number of aromatic nitrogens is 2. The zero-order chi connectivity index (χ0) is 17.1. The van der Waals surface area contributed by atoms with Gasteiger partial charge in [-0.2, -0.15) is 0 Å². The van der Waals surface area contributed by atoms with Crippen LogP contribution in [0, 0.1) is 6.92 Å². The van der Waals surface area contributed by atoms with E-state index in [2.05, 4.69) is 34.0 Å². The molecule has 5 nitrogen and oxygen atoms in total. The first-order valence-corrected chi connectivity index (χ1v) is 8.24. The van der Waals surface area contributed by atoms with Gasteiger partial charge in [0, 0.05) is 24.5 Å². The van der Waals surface area contributed by atoms with E-state index in [1.54, 1.807) is 6.07 Å². The van der Waals surface area contributed by atoms with Crippen LogP contribution < -0.4 is 10.2 Å². The monoisotopic (exact) mass is 322 g/mol. The van der Waals surface area contributed by atoms with E-state index in [0.717, 1.165) is 35.8 Å². The van der Waals surface area contributed by atoms with Gasteiger partial charge in [-0.25, -0.2) is 4.98 Å². The van der Waals surface area contributed by atoms with Gasteiger partial charge in [0.25, 0.3) is 5.91 Å². The van der Waals surface area contributed by atoms with Gasteiger partial charge in [0.1, 0.15) is 11.3 Å². The molecule has 0 fully saturated rings. The number of nitrogens with one attached hydrogen (secondary N) is 2. The van der Waals surface area contributed by atoms with Crippen LogP contribution in [0.2, 0.25) is 0 Å². The van der Waals surface area contributed by atoms with Crippen LogP contribution in [0.4, 0.5) is 11.4 Å². The number of benzene rings is 2. The Bertz CT molecular complexity index is 847. The molecule has 5 heteroatoms. The number of aromatic amines is 1. The van der Waals surface area contributed by atoms with Crippen LogP contribution in [0.25, 0.3) is 11.0 Å². The fourth-order valence-electron chi connectivity index (χ4n) is 2.88. The van der Waals surface area contributed by atoms with Crippen molar-refractivity contribution in [1.82, 2.24) is 9.97 Å². The molecule has 0 saturated heterocycles. The summed E-state index contributed by atoms with van der Waals surface area (Å²) < 4.78 is 0. The number of fused-ring (bicyclic) bond motifs is 1. The van der Waals surface area contributed by atoms with Gasteiger partial charge >= 0.3 is 0 Å². The standard InChI is InChI=1S/C19H22N4O/c1-4-23(5-2)15-11-9-14(10-12-15)22-19(24)16-7-6-8-17-18(16)21-13(3)20-17/h6-12H,4-5H2,1-3H3,(H,20,21)(H,22,24). The van der Waals surface area contributed by atoms with Gasteiger partial charge in [0.2, 0.25) is 0 Å². The molecule has 0 aliphatic rings. The Hall–Kier alpha value is -2.82. The number of amides is 1. The first-order chi connectivity index (χ1) is 11.6. The summed E-state index contributed by atoms with van der Waals surface area (Å²) in [7, 11) is 0. The normalized spacial score (nSPS) is 10.8. The predicted molar refractivity (Wildman–Crippen MR) is 98.8 cm³/mol. The Labute approximate surface area is 141 Å². The number of hydrogen-bond acceptors (Lipinski definition) is 3. The number of carbonyl (C=O) groups excluding carboxylic acids is 1.